The highest BCUT2D eigenvalue weighted by Crippen LogP contribution is 2.36. The topological polar surface area (TPSA) is 29.5 Å². The van der Waals surface area contributed by atoms with Crippen molar-refractivity contribution in [3.63, 3.8) is 0 Å². The monoisotopic (exact) mass is 181 g/mol. The predicted octanol–water partition coefficient (Wildman–Crippen LogP) is 0.811. The molecule has 72 valence electrons. The van der Waals surface area contributed by atoms with Gasteiger partial charge in [-0.15, -0.1) is 0 Å². The van der Waals surface area contributed by atoms with Crippen molar-refractivity contribution in [1.29, 1.82) is 0 Å². The summed E-state index contributed by atoms with van der Waals surface area (Å²) in [7, 11) is 3.59. The van der Waals surface area contributed by atoms with Crippen molar-refractivity contribution in [3.05, 3.63) is 11.1 Å². The number of ether oxygens (including phenoxy) is 1. The smallest absolute Gasteiger partial charge is 0.309 e. The summed E-state index contributed by atoms with van der Waals surface area (Å²) in [6, 6.07) is 0. The number of carbonyl (C=O) groups is 1. The number of esters is 1. The van der Waals surface area contributed by atoms with Crippen molar-refractivity contribution >= 4 is 5.97 Å². The first-order valence-electron chi connectivity index (χ1n) is 4.67. The summed E-state index contributed by atoms with van der Waals surface area (Å²) in [5.74, 6) is 0.0701. The number of methoxy groups -OCH3 is 1. The molecule has 1 aliphatic carbocycles. The predicted molar refractivity (Wildman–Crippen MR) is 49.3 cm³/mol. The molecule has 1 aliphatic heterocycles. The first-order chi connectivity index (χ1) is 6.20. The maximum Gasteiger partial charge on any atom is 0.309 e. The molecule has 0 fully saturated rings. The van der Waals surface area contributed by atoms with Gasteiger partial charge >= 0.3 is 5.97 Å². The quantitative estimate of drug-likeness (QED) is 0.443. The van der Waals surface area contributed by atoms with Crippen LogP contribution < -0.4 is 0 Å². The molecule has 3 heteroatoms. The molecule has 0 amide bonds. The van der Waals surface area contributed by atoms with Crippen LogP contribution in [0.1, 0.15) is 12.8 Å². The average Bonchev–Trinajstić information content (AvgIpc) is 2.59. The van der Waals surface area contributed by atoms with Crippen LogP contribution in [0.2, 0.25) is 0 Å². The molecule has 0 bridgehead atoms. The van der Waals surface area contributed by atoms with Crippen molar-refractivity contribution in [2.45, 2.75) is 12.8 Å². The van der Waals surface area contributed by atoms with Crippen LogP contribution in [0.25, 0.3) is 0 Å². The van der Waals surface area contributed by atoms with Gasteiger partial charge in [-0.05, 0) is 19.9 Å². The molecular formula is C10H15NO2. The Labute approximate surface area is 78.4 Å². The van der Waals surface area contributed by atoms with Gasteiger partial charge in [-0.3, -0.25) is 9.69 Å². The molecule has 0 radical (unpaired) electrons. The summed E-state index contributed by atoms with van der Waals surface area (Å²) < 4.78 is 4.75. The number of likely N-dealkylation sites (tertiary alicyclic amines) is 1. The number of nitrogens with zero attached hydrogens (tertiary/aromatic N) is 1. The average molecular weight is 181 g/mol. The molecule has 0 aromatic carbocycles. The van der Waals surface area contributed by atoms with Crippen LogP contribution in [-0.2, 0) is 9.53 Å². The summed E-state index contributed by atoms with van der Waals surface area (Å²) in [5, 5.41) is 0. The molecule has 3 nitrogen and oxygen atoms in total. The summed E-state index contributed by atoms with van der Waals surface area (Å²) in [5.41, 5.74) is 2.94. The van der Waals surface area contributed by atoms with E-state index in [1.54, 1.807) is 0 Å². The minimum atomic E-state index is -0.0444. The van der Waals surface area contributed by atoms with Gasteiger partial charge in [-0.1, -0.05) is 11.1 Å². The summed E-state index contributed by atoms with van der Waals surface area (Å²) in [6.45, 7) is 2.09. The Hall–Kier alpha value is -0.830. The van der Waals surface area contributed by atoms with Crippen LogP contribution in [-0.4, -0.2) is 38.1 Å². The third kappa shape index (κ3) is 1.48. The van der Waals surface area contributed by atoms with Crippen LogP contribution in [0, 0.1) is 5.92 Å². The molecule has 2 aliphatic rings. The van der Waals surface area contributed by atoms with E-state index < -0.39 is 0 Å². The van der Waals surface area contributed by atoms with Gasteiger partial charge in [-0.25, -0.2) is 0 Å². The van der Waals surface area contributed by atoms with E-state index in [2.05, 4.69) is 11.9 Å². The summed E-state index contributed by atoms with van der Waals surface area (Å²) in [4.78, 5) is 13.6. The van der Waals surface area contributed by atoms with Crippen LogP contribution in [0.5, 0.6) is 0 Å². The van der Waals surface area contributed by atoms with Gasteiger partial charge in [0.05, 0.1) is 13.0 Å². The molecule has 0 aromatic rings. The number of likely N-dealkylation sites (N-methyl/N-ethyl adjacent to an activating group) is 1. The maximum absolute atomic E-state index is 11.3. The second-order valence-electron chi connectivity index (χ2n) is 4.01. The molecule has 0 aromatic heterocycles. The molecule has 2 rings (SSSR count). The molecule has 0 atom stereocenters. The molecule has 0 saturated heterocycles. The number of hydrogen-bond acceptors (Lipinski definition) is 3. The molecule has 0 spiro atoms. The Morgan fingerprint density at radius 2 is 1.92 bits per heavy atom. The first-order valence-corrected chi connectivity index (χ1v) is 4.67. The fraction of sp³-hybridized carbons (Fsp3) is 0.700. The minimum Gasteiger partial charge on any atom is -0.469 e. The van der Waals surface area contributed by atoms with E-state index in [1.165, 1.54) is 18.3 Å². The van der Waals surface area contributed by atoms with Crippen LogP contribution in [0.3, 0.4) is 0 Å². The number of rotatable bonds is 1. The summed E-state index contributed by atoms with van der Waals surface area (Å²) in [6.07, 6.45) is 1.85. The van der Waals surface area contributed by atoms with E-state index in [9.17, 15) is 4.79 Å². The number of hydrogen-bond donors (Lipinski definition) is 0. The van der Waals surface area contributed by atoms with Crippen LogP contribution in [0.4, 0.5) is 0 Å². The highest BCUT2D eigenvalue weighted by molar-refractivity contribution is 5.74. The van der Waals surface area contributed by atoms with Crippen molar-refractivity contribution in [2.24, 2.45) is 5.92 Å². The van der Waals surface area contributed by atoms with Crippen LogP contribution in [0.15, 0.2) is 11.1 Å². The molecule has 0 N–H and O–H groups in total. The normalized spacial score (nSPS) is 23.8. The SMILES string of the molecule is COC(=O)C1CC2=C(C1)CN(C)C2. The lowest BCUT2D eigenvalue weighted by Gasteiger charge is -2.13. The van der Waals surface area contributed by atoms with Crippen LogP contribution >= 0.6 is 0 Å². The van der Waals surface area contributed by atoms with Crippen molar-refractivity contribution in [3.8, 4) is 0 Å². The van der Waals surface area contributed by atoms with Gasteiger partial charge in [0.15, 0.2) is 0 Å². The van der Waals surface area contributed by atoms with E-state index >= 15 is 0 Å². The van der Waals surface area contributed by atoms with E-state index in [1.807, 2.05) is 0 Å². The lowest BCUT2D eigenvalue weighted by Crippen LogP contribution is -2.20. The van der Waals surface area contributed by atoms with Gasteiger partial charge in [0.1, 0.15) is 0 Å². The summed E-state index contributed by atoms with van der Waals surface area (Å²) >= 11 is 0. The van der Waals surface area contributed by atoms with Gasteiger partial charge in [0.2, 0.25) is 0 Å². The Bertz CT molecular complexity index is 252. The van der Waals surface area contributed by atoms with Gasteiger partial charge in [0.25, 0.3) is 0 Å². The zero-order valence-corrected chi connectivity index (χ0v) is 8.17. The standard InChI is InChI=1S/C10H15NO2/c1-11-5-8-3-7(10(12)13-2)4-9(8)6-11/h7H,3-6H2,1-2H3. The highest BCUT2D eigenvalue weighted by atomic mass is 16.5. The van der Waals surface area contributed by atoms with E-state index in [0.717, 1.165) is 25.9 Å². The lowest BCUT2D eigenvalue weighted by atomic mass is 10.0. The Morgan fingerprint density at radius 3 is 2.38 bits per heavy atom. The lowest BCUT2D eigenvalue weighted by molar-refractivity contribution is -0.145. The zero-order valence-electron chi connectivity index (χ0n) is 8.17. The fourth-order valence-electron chi connectivity index (χ4n) is 2.35. The second kappa shape index (κ2) is 3.14. The third-order valence-corrected chi connectivity index (χ3v) is 2.94. The Morgan fingerprint density at radius 1 is 1.38 bits per heavy atom. The molecule has 13 heavy (non-hydrogen) atoms. The largest absolute Gasteiger partial charge is 0.469 e. The minimum absolute atomic E-state index is 0.0444. The van der Waals surface area contributed by atoms with Gasteiger partial charge in [0, 0.05) is 13.1 Å². The van der Waals surface area contributed by atoms with Gasteiger partial charge in [-0.2, -0.15) is 0 Å². The number of carbonyl (C=O) groups excluding carboxylic acids is 1. The second-order valence-corrected chi connectivity index (χ2v) is 4.01. The molecule has 0 saturated carbocycles. The Kier molecular flexibility index (Phi) is 2.12. The Balaban J connectivity index is 1.98. The van der Waals surface area contributed by atoms with Crippen molar-refractivity contribution in [2.75, 3.05) is 27.2 Å². The van der Waals surface area contributed by atoms with Crippen molar-refractivity contribution in [1.82, 2.24) is 4.90 Å². The van der Waals surface area contributed by atoms with E-state index in [-0.39, 0.29) is 11.9 Å². The van der Waals surface area contributed by atoms with Crippen molar-refractivity contribution < 1.29 is 9.53 Å². The first kappa shape index (κ1) is 8.75. The highest BCUT2D eigenvalue weighted by Gasteiger charge is 2.33. The maximum atomic E-state index is 11.3. The molecular weight excluding hydrogens is 166 g/mol. The fourth-order valence-corrected chi connectivity index (χ4v) is 2.35. The molecule has 0 unspecified atom stereocenters. The molecule has 1 heterocycles. The van der Waals surface area contributed by atoms with E-state index in [0.29, 0.717) is 0 Å². The third-order valence-electron chi connectivity index (χ3n) is 2.94. The zero-order chi connectivity index (χ0) is 9.42. The van der Waals surface area contributed by atoms with E-state index in [4.69, 9.17) is 4.74 Å². The van der Waals surface area contributed by atoms with Gasteiger partial charge < -0.3 is 4.74 Å².